The Morgan fingerprint density at radius 1 is 0.853 bits per heavy atom. The van der Waals surface area contributed by atoms with Gasteiger partial charge in [-0.3, -0.25) is 14.4 Å². The number of nitrogens with zero attached hydrogens (tertiary/aromatic N) is 1. The van der Waals surface area contributed by atoms with E-state index in [9.17, 15) is 14.4 Å². The first-order valence-electron chi connectivity index (χ1n) is 11.9. The lowest BCUT2D eigenvalue weighted by Gasteiger charge is -2.28. The Morgan fingerprint density at radius 3 is 2.35 bits per heavy atom. The Hall–Kier alpha value is -3.73. The number of nitrogens with one attached hydrogen (secondary N) is 1. The first kappa shape index (κ1) is 20.8. The molecule has 3 amide bonds. The first-order chi connectivity index (χ1) is 16.5. The van der Waals surface area contributed by atoms with Crippen molar-refractivity contribution in [2.45, 2.75) is 25.7 Å². The summed E-state index contributed by atoms with van der Waals surface area (Å²) < 4.78 is 0. The second kappa shape index (κ2) is 7.94. The minimum atomic E-state index is -0.248. The molecule has 2 saturated carbocycles. The van der Waals surface area contributed by atoms with E-state index in [1.54, 1.807) is 36.4 Å². The van der Waals surface area contributed by atoms with Gasteiger partial charge in [0.1, 0.15) is 0 Å². The Morgan fingerprint density at radius 2 is 1.59 bits per heavy atom. The summed E-state index contributed by atoms with van der Waals surface area (Å²) in [5.41, 5.74) is 4.00. The topological polar surface area (TPSA) is 66.5 Å². The summed E-state index contributed by atoms with van der Waals surface area (Å²) in [4.78, 5) is 41.0. The molecule has 1 saturated heterocycles. The van der Waals surface area contributed by atoms with Crippen LogP contribution in [0.1, 0.15) is 40.2 Å². The maximum absolute atomic E-state index is 13.6. The van der Waals surface area contributed by atoms with Gasteiger partial charge in [0.15, 0.2) is 0 Å². The molecule has 2 aliphatic carbocycles. The summed E-state index contributed by atoms with van der Waals surface area (Å²) in [7, 11) is 0. The first-order valence-corrected chi connectivity index (χ1v) is 11.9. The molecule has 3 aromatic carbocycles. The number of amides is 3. The van der Waals surface area contributed by atoms with Crippen LogP contribution in [0.2, 0.25) is 0 Å². The number of anilines is 2. The highest BCUT2D eigenvalue weighted by Crippen LogP contribution is 2.61. The van der Waals surface area contributed by atoms with Crippen LogP contribution >= 0.6 is 0 Å². The lowest BCUT2D eigenvalue weighted by molar-refractivity contribution is -0.123. The van der Waals surface area contributed by atoms with Gasteiger partial charge in [-0.15, -0.1) is 0 Å². The van der Waals surface area contributed by atoms with Crippen molar-refractivity contribution in [1.82, 2.24) is 0 Å². The SMILES string of the molecule is Cc1ccc(C(=O)Nc2cccc(N3C(=O)[C@@H]4[C@@H]5C[C@@H]([C@H]4C3=O)[C@@H](c3ccccc3)C5)c2)cc1. The van der Waals surface area contributed by atoms with Crippen molar-refractivity contribution in [1.29, 1.82) is 0 Å². The smallest absolute Gasteiger partial charge is 0.255 e. The van der Waals surface area contributed by atoms with Crippen molar-refractivity contribution < 1.29 is 14.4 Å². The van der Waals surface area contributed by atoms with E-state index in [0.717, 1.165) is 18.4 Å². The van der Waals surface area contributed by atoms with E-state index in [4.69, 9.17) is 0 Å². The number of carbonyl (C=O) groups excluding carboxylic acids is 3. The highest BCUT2D eigenvalue weighted by atomic mass is 16.2. The van der Waals surface area contributed by atoms with E-state index in [1.807, 2.05) is 37.3 Å². The normalized spacial score (nSPS) is 27.2. The molecule has 2 bridgehead atoms. The fourth-order valence-corrected chi connectivity index (χ4v) is 6.43. The molecule has 0 spiro atoms. The summed E-state index contributed by atoms with van der Waals surface area (Å²) in [5.74, 6) is -0.0674. The molecule has 6 rings (SSSR count). The Kier molecular flexibility index (Phi) is 4.87. The summed E-state index contributed by atoms with van der Waals surface area (Å²) >= 11 is 0. The minimum Gasteiger partial charge on any atom is -0.322 e. The standard InChI is InChI=1S/C29H26N2O3/c1-17-10-12-19(13-11-17)27(32)30-21-8-5-9-22(16-21)31-28(33)25-20-14-23(18-6-3-2-4-7-18)24(15-20)26(25)29(31)34/h2-13,16,20,23-26H,14-15H2,1H3,(H,30,32)/t20-,23+,24+,25+,26+/m0/s1. The van der Waals surface area contributed by atoms with Crippen LogP contribution in [0.5, 0.6) is 0 Å². The number of benzene rings is 3. The predicted molar refractivity (Wildman–Crippen MR) is 130 cm³/mol. The average Bonchev–Trinajstić information content (AvgIpc) is 3.51. The Bertz CT molecular complexity index is 1280. The van der Waals surface area contributed by atoms with Crippen molar-refractivity contribution in [3.63, 3.8) is 0 Å². The van der Waals surface area contributed by atoms with Gasteiger partial charge < -0.3 is 5.32 Å². The van der Waals surface area contributed by atoms with Gasteiger partial charge >= 0.3 is 0 Å². The van der Waals surface area contributed by atoms with Crippen LogP contribution in [0.3, 0.4) is 0 Å². The van der Waals surface area contributed by atoms with Gasteiger partial charge in [-0.25, -0.2) is 4.90 Å². The van der Waals surface area contributed by atoms with Crippen molar-refractivity contribution in [3.8, 4) is 0 Å². The summed E-state index contributed by atoms with van der Waals surface area (Å²) in [6.07, 6.45) is 1.92. The number of rotatable bonds is 4. The third-order valence-corrected chi connectivity index (χ3v) is 7.92. The molecule has 1 aliphatic heterocycles. The molecule has 34 heavy (non-hydrogen) atoms. The van der Waals surface area contributed by atoms with Crippen LogP contribution in [-0.2, 0) is 9.59 Å². The van der Waals surface area contributed by atoms with Crippen LogP contribution in [0.4, 0.5) is 11.4 Å². The quantitative estimate of drug-likeness (QED) is 0.557. The van der Waals surface area contributed by atoms with E-state index in [0.29, 0.717) is 22.9 Å². The Labute approximate surface area is 198 Å². The lowest BCUT2D eigenvalue weighted by Crippen LogP contribution is -2.33. The predicted octanol–water partition coefficient (Wildman–Crippen LogP) is 5.18. The van der Waals surface area contributed by atoms with Crippen molar-refractivity contribution in [3.05, 3.63) is 95.6 Å². The molecule has 0 unspecified atom stereocenters. The average molecular weight is 451 g/mol. The van der Waals surface area contributed by atoms with E-state index < -0.39 is 0 Å². The van der Waals surface area contributed by atoms with Crippen molar-refractivity contribution in [2.75, 3.05) is 10.2 Å². The summed E-state index contributed by atoms with van der Waals surface area (Å²) in [5, 5.41) is 2.89. The maximum atomic E-state index is 13.6. The monoisotopic (exact) mass is 450 g/mol. The van der Waals surface area contributed by atoms with Gasteiger partial charge in [-0.05, 0) is 73.4 Å². The molecular weight excluding hydrogens is 424 g/mol. The van der Waals surface area contributed by atoms with Gasteiger partial charge in [0.25, 0.3) is 5.91 Å². The van der Waals surface area contributed by atoms with E-state index in [1.165, 1.54) is 10.5 Å². The molecule has 170 valence electrons. The largest absolute Gasteiger partial charge is 0.322 e. The number of aryl methyl sites for hydroxylation is 1. The van der Waals surface area contributed by atoms with Crippen LogP contribution in [0, 0.1) is 30.6 Å². The van der Waals surface area contributed by atoms with Crippen molar-refractivity contribution in [2.24, 2.45) is 23.7 Å². The molecule has 1 heterocycles. The molecule has 3 fully saturated rings. The molecule has 0 aromatic heterocycles. The van der Waals surface area contributed by atoms with Gasteiger partial charge in [0.2, 0.25) is 11.8 Å². The number of imide groups is 1. The molecular formula is C29H26N2O3. The third kappa shape index (κ3) is 3.26. The molecule has 5 nitrogen and oxygen atoms in total. The van der Waals surface area contributed by atoms with E-state index in [2.05, 4.69) is 17.4 Å². The van der Waals surface area contributed by atoms with Crippen molar-refractivity contribution >= 4 is 29.1 Å². The highest BCUT2D eigenvalue weighted by Gasteiger charge is 2.64. The number of hydrogen-bond donors (Lipinski definition) is 1. The molecule has 5 atom stereocenters. The summed E-state index contributed by atoms with van der Waals surface area (Å²) in [6, 6.07) is 24.8. The van der Waals surface area contributed by atoms with Gasteiger partial charge in [-0.1, -0.05) is 54.1 Å². The molecule has 3 aromatic rings. The molecule has 1 N–H and O–H groups in total. The van der Waals surface area contributed by atoms with E-state index in [-0.39, 0.29) is 41.4 Å². The molecule has 3 aliphatic rings. The third-order valence-electron chi connectivity index (χ3n) is 7.92. The molecule has 5 heteroatoms. The zero-order valence-electron chi connectivity index (χ0n) is 19.0. The molecule has 0 radical (unpaired) electrons. The van der Waals surface area contributed by atoms with Gasteiger partial charge in [0, 0.05) is 11.3 Å². The lowest BCUT2D eigenvalue weighted by atomic mass is 9.73. The fraction of sp³-hybridized carbons (Fsp3) is 0.276. The zero-order chi connectivity index (χ0) is 23.4. The number of carbonyl (C=O) groups is 3. The van der Waals surface area contributed by atoms with Crippen LogP contribution in [0.15, 0.2) is 78.9 Å². The fourth-order valence-electron chi connectivity index (χ4n) is 6.43. The van der Waals surface area contributed by atoms with Crippen LogP contribution in [0.25, 0.3) is 0 Å². The van der Waals surface area contributed by atoms with Gasteiger partial charge in [0.05, 0.1) is 17.5 Å². The highest BCUT2D eigenvalue weighted by molar-refractivity contribution is 6.23. The number of hydrogen-bond acceptors (Lipinski definition) is 3. The second-order valence-corrected chi connectivity index (χ2v) is 9.85. The Balaban J connectivity index is 1.24. The van der Waals surface area contributed by atoms with Crippen LogP contribution < -0.4 is 10.2 Å². The maximum Gasteiger partial charge on any atom is 0.255 e. The minimum absolute atomic E-state index is 0.0870. The zero-order valence-corrected chi connectivity index (χ0v) is 19.0. The van der Waals surface area contributed by atoms with E-state index >= 15 is 0 Å². The summed E-state index contributed by atoms with van der Waals surface area (Å²) in [6.45, 7) is 1.97. The van der Waals surface area contributed by atoms with Gasteiger partial charge in [-0.2, -0.15) is 0 Å². The number of fused-ring (bicyclic) bond motifs is 5. The second-order valence-electron chi connectivity index (χ2n) is 9.85. The van der Waals surface area contributed by atoms with Crippen LogP contribution in [-0.4, -0.2) is 17.7 Å².